The van der Waals surface area contributed by atoms with Gasteiger partial charge < -0.3 is 10.2 Å². The number of rotatable bonds is 7. The summed E-state index contributed by atoms with van der Waals surface area (Å²) in [5.74, 6) is -0.913. The van der Waals surface area contributed by atoms with Crippen molar-refractivity contribution >= 4 is 5.97 Å². The molecule has 2 N–H and O–H groups in total. The molecule has 0 spiro atoms. The molecule has 1 rings (SSSR count). The first-order valence-electron chi connectivity index (χ1n) is 6.16. The van der Waals surface area contributed by atoms with E-state index in [4.69, 9.17) is 10.2 Å². The maximum atomic E-state index is 10.9. The average molecular weight is 229 g/mol. The van der Waals surface area contributed by atoms with Crippen LogP contribution in [0.1, 0.15) is 39.5 Å². The first-order valence-corrected chi connectivity index (χ1v) is 6.16. The molecule has 1 heterocycles. The van der Waals surface area contributed by atoms with Gasteiger partial charge in [-0.1, -0.05) is 26.7 Å². The van der Waals surface area contributed by atoms with Gasteiger partial charge >= 0.3 is 5.97 Å². The molecule has 0 saturated carbocycles. The lowest BCUT2D eigenvalue weighted by Crippen LogP contribution is -2.62. The molecule has 1 aliphatic heterocycles. The third-order valence-corrected chi connectivity index (χ3v) is 3.54. The summed E-state index contributed by atoms with van der Waals surface area (Å²) in [7, 11) is 0. The molecule has 0 aromatic carbocycles. The summed E-state index contributed by atoms with van der Waals surface area (Å²) < 4.78 is 0. The Kier molecular flexibility index (Phi) is 4.74. The van der Waals surface area contributed by atoms with Crippen molar-refractivity contribution in [1.82, 2.24) is 4.90 Å². The van der Waals surface area contributed by atoms with Crippen LogP contribution in [-0.2, 0) is 4.79 Å². The number of hydrogen-bond acceptors (Lipinski definition) is 3. The Labute approximate surface area is 97.3 Å². The predicted molar refractivity (Wildman–Crippen MR) is 62.3 cm³/mol. The maximum absolute atomic E-state index is 10.9. The fraction of sp³-hybridized carbons (Fsp3) is 0.917. The summed E-state index contributed by atoms with van der Waals surface area (Å²) >= 11 is 0. The molecule has 4 heteroatoms. The van der Waals surface area contributed by atoms with Crippen molar-refractivity contribution in [3.05, 3.63) is 0 Å². The summed E-state index contributed by atoms with van der Waals surface area (Å²) in [6.07, 6.45) is 4.61. The largest absolute Gasteiger partial charge is 0.480 e. The fourth-order valence-electron chi connectivity index (χ4n) is 2.89. The molecule has 1 unspecified atom stereocenters. The maximum Gasteiger partial charge on any atom is 0.323 e. The van der Waals surface area contributed by atoms with E-state index in [1.165, 1.54) is 0 Å². The number of aliphatic carboxylic acids is 1. The SMILES string of the molecule is CCCC1(CCC)CN(C(CO)C(=O)O)C1. The van der Waals surface area contributed by atoms with Gasteiger partial charge in [0.1, 0.15) is 6.04 Å². The summed E-state index contributed by atoms with van der Waals surface area (Å²) in [6.45, 7) is 5.70. The summed E-state index contributed by atoms with van der Waals surface area (Å²) in [5, 5.41) is 18.0. The van der Waals surface area contributed by atoms with Gasteiger partial charge in [0.15, 0.2) is 0 Å². The van der Waals surface area contributed by atoms with Crippen molar-refractivity contribution in [2.75, 3.05) is 19.7 Å². The van der Waals surface area contributed by atoms with Crippen molar-refractivity contribution in [3.8, 4) is 0 Å². The lowest BCUT2D eigenvalue weighted by molar-refractivity contribution is -0.152. The Morgan fingerprint density at radius 2 is 1.81 bits per heavy atom. The normalized spacial score (nSPS) is 21.4. The Balaban J connectivity index is 2.51. The Morgan fingerprint density at radius 3 is 2.12 bits per heavy atom. The molecular weight excluding hydrogens is 206 g/mol. The number of nitrogens with zero attached hydrogens (tertiary/aromatic N) is 1. The number of carboxylic acid groups (broad SMARTS) is 1. The Hall–Kier alpha value is -0.610. The van der Waals surface area contributed by atoms with Gasteiger partial charge in [-0.25, -0.2) is 0 Å². The second kappa shape index (κ2) is 5.64. The van der Waals surface area contributed by atoms with Crippen molar-refractivity contribution in [2.45, 2.75) is 45.6 Å². The fourth-order valence-corrected chi connectivity index (χ4v) is 2.89. The van der Waals surface area contributed by atoms with Crippen LogP contribution in [0.5, 0.6) is 0 Å². The van der Waals surface area contributed by atoms with Gasteiger partial charge in [0, 0.05) is 13.1 Å². The van der Waals surface area contributed by atoms with Crippen molar-refractivity contribution in [3.63, 3.8) is 0 Å². The quantitative estimate of drug-likeness (QED) is 0.691. The minimum Gasteiger partial charge on any atom is -0.480 e. The number of aliphatic hydroxyl groups excluding tert-OH is 1. The van der Waals surface area contributed by atoms with E-state index in [9.17, 15) is 4.79 Å². The first-order chi connectivity index (χ1) is 7.58. The van der Waals surface area contributed by atoms with Crippen LogP contribution in [-0.4, -0.2) is 46.8 Å². The van der Waals surface area contributed by atoms with E-state index in [2.05, 4.69) is 13.8 Å². The van der Waals surface area contributed by atoms with Gasteiger partial charge in [-0.15, -0.1) is 0 Å². The van der Waals surface area contributed by atoms with Crippen LogP contribution >= 0.6 is 0 Å². The van der Waals surface area contributed by atoms with E-state index >= 15 is 0 Å². The standard InChI is InChI=1S/C12H23NO3/c1-3-5-12(6-4-2)8-13(9-12)10(7-14)11(15)16/h10,14H,3-9H2,1-2H3,(H,15,16). The van der Waals surface area contributed by atoms with Crippen LogP contribution < -0.4 is 0 Å². The number of likely N-dealkylation sites (tertiary alicyclic amines) is 1. The van der Waals surface area contributed by atoms with Crippen molar-refractivity contribution in [1.29, 1.82) is 0 Å². The van der Waals surface area contributed by atoms with Crippen LogP contribution in [0.15, 0.2) is 0 Å². The van der Waals surface area contributed by atoms with E-state index in [0.29, 0.717) is 5.41 Å². The zero-order chi connectivity index (χ0) is 12.2. The summed E-state index contributed by atoms with van der Waals surface area (Å²) in [6, 6.07) is -0.707. The summed E-state index contributed by atoms with van der Waals surface area (Å²) in [5.41, 5.74) is 0.312. The van der Waals surface area contributed by atoms with E-state index in [1.54, 1.807) is 0 Å². The van der Waals surface area contributed by atoms with Crippen LogP contribution in [0.4, 0.5) is 0 Å². The lowest BCUT2D eigenvalue weighted by Gasteiger charge is -2.52. The lowest BCUT2D eigenvalue weighted by atomic mass is 9.72. The van der Waals surface area contributed by atoms with Crippen LogP contribution in [0.2, 0.25) is 0 Å². The minimum atomic E-state index is -0.913. The highest BCUT2D eigenvalue weighted by Gasteiger charge is 2.45. The van der Waals surface area contributed by atoms with Gasteiger partial charge in [0.25, 0.3) is 0 Å². The molecule has 0 aromatic rings. The second-order valence-corrected chi connectivity index (χ2v) is 4.94. The predicted octanol–water partition coefficient (Wildman–Crippen LogP) is 1.33. The average Bonchev–Trinajstić information content (AvgIpc) is 2.16. The number of hydrogen-bond donors (Lipinski definition) is 2. The van der Waals surface area contributed by atoms with Crippen LogP contribution in [0, 0.1) is 5.41 Å². The van der Waals surface area contributed by atoms with Crippen molar-refractivity contribution < 1.29 is 15.0 Å². The zero-order valence-corrected chi connectivity index (χ0v) is 10.3. The molecule has 1 atom stereocenters. The van der Waals surface area contributed by atoms with E-state index in [0.717, 1.165) is 38.8 Å². The highest BCUT2D eigenvalue weighted by Crippen LogP contribution is 2.40. The molecule has 0 bridgehead atoms. The molecule has 4 nitrogen and oxygen atoms in total. The Morgan fingerprint density at radius 1 is 1.31 bits per heavy atom. The molecule has 1 saturated heterocycles. The number of carbonyl (C=O) groups is 1. The molecular formula is C12H23NO3. The third-order valence-electron chi connectivity index (χ3n) is 3.54. The monoisotopic (exact) mass is 229 g/mol. The molecule has 0 amide bonds. The highest BCUT2D eigenvalue weighted by atomic mass is 16.4. The van der Waals surface area contributed by atoms with E-state index in [-0.39, 0.29) is 6.61 Å². The van der Waals surface area contributed by atoms with Gasteiger partial charge in [-0.3, -0.25) is 9.69 Å². The molecule has 1 fully saturated rings. The Bertz CT molecular complexity index is 228. The molecule has 0 aliphatic carbocycles. The van der Waals surface area contributed by atoms with E-state index < -0.39 is 12.0 Å². The topological polar surface area (TPSA) is 60.8 Å². The van der Waals surface area contributed by atoms with Gasteiger partial charge in [-0.2, -0.15) is 0 Å². The molecule has 94 valence electrons. The molecule has 16 heavy (non-hydrogen) atoms. The van der Waals surface area contributed by atoms with Gasteiger partial charge in [0.05, 0.1) is 6.61 Å². The van der Waals surface area contributed by atoms with E-state index in [1.807, 2.05) is 4.90 Å². The highest BCUT2D eigenvalue weighted by molar-refractivity contribution is 5.73. The smallest absolute Gasteiger partial charge is 0.323 e. The van der Waals surface area contributed by atoms with Crippen molar-refractivity contribution in [2.24, 2.45) is 5.41 Å². The second-order valence-electron chi connectivity index (χ2n) is 4.94. The minimum absolute atomic E-state index is 0.288. The molecule has 0 radical (unpaired) electrons. The first kappa shape index (κ1) is 13.5. The number of aliphatic hydroxyl groups is 1. The van der Waals surface area contributed by atoms with Crippen LogP contribution in [0.25, 0.3) is 0 Å². The van der Waals surface area contributed by atoms with Gasteiger partial charge in [0.2, 0.25) is 0 Å². The molecule has 1 aliphatic rings. The zero-order valence-electron chi connectivity index (χ0n) is 10.3. The number of carboxylic acids is 1. The van der Waals surface area contributed by atoms with Crippen LogP contribution in [0.3, 0.4) is 0 Å². The summed E-state index contributed by atoms with van der Waals surface area (Å²) in [4.78, 5) is 12.8. The third kappa shape index (κ3) is 2.74. The van der Waals surface area contributed by atoms with Gasteiger partial charge in [-0.05, 0) is 18.3 Å². The molecule has 0 aromatic heterocycles.